The van der Waals surface area contributed by atoms with Crippen molar-refractivity contribution in [2.75, 3.05) is 6.54 Å². The van der Waals surface area contributed by atoms with Gasteiger partial charge in [0.25, 0.3) is 0 Å². The second-order valence-electron chi connectivity index (χ2n) is 8.10. The number of amides is 1. The molecule has 0 radical (unpaired) electrons. The third kappa shape index (κ3) is 4.21. The van der Waals surface area contributed by atoms with Crippen molar-refractivity contribution in [1.82, 2.24) is 4.90 Å². The lowest BCUT2D eigenvalue weighted by molar-refractivity contribution is -0.101. The van der Waals surface area contributed by atoms with Crippen LogP contribution in [0.15, 0.2) is 54.6 Å². The number of aliphatic hydroxyl groups is 1. The molecule has 1 aliphatic heterocycles. The SMILES string of the molecule is C#Cc1ccc([C@H](C)N2CCC(CC(C)(C)O)(c3ccccc3)OC2=O)cc1. The Kier molecular flexibility index (Phi) is 5.49. The third-order valence-electron chi connectivity index (χ3n) is 5.32. The summed E-state index contributed by atoms with van der Waals surface area (Å²) in [4.78, 5) is 14.7. The first kappa shape index (κ1) is 20.0. The molecule has 1 fully saturated rings. The Morgan fingerprint density at radius 2 is 1.86 bits per heavy atom. The van der Waals surface area contributed by atoms with Crippen LogP contribution in [0.4, 0.5) is 4.79 Å². The summed E-state index contributed by atoms with van der Waals surface area (Å²) in [5, 5.41) is 10.5. The molecule has 0 spiro atoms. The van der Waals surface area contributed by atoms with E-state index in [-0.39, 0.29) is 12.1 Å². The summed E-state index contributed by atoms with van der Waals surface area (Å²) in [6, 6.07) is 17.2. The highest BCUT2D eigenvalue weighted by Crippen LogP contribution is 2.42. The third-order valence-corrected chi connectivity index (χ3v) is 5.32. The molecule has 1 amide bonds. The number of benzene rings is 2. The average Bonchev–Trinajstić information content (AvgIpc) is 2.67. The fraction of sp³-hybridized carbons (Fsp3) is 0.375. The van der Waals surface area contributed by atoms with Gasteiger partial charge in [-0.2, -0.15) is 0 Å². The second kappa shape index (κ2) is 7.69. The Hall–Kier alpha value is -2.77. The van der Waals surface area contributed by atoms with E-state index in [1.54, 1.807) is 18.7 Å². The Labute approximate surface area is 167 Å². The molecule has 2 aromatic rings. The van der Waals surface area contributed by atoms with Crippen LogP contribution in [-0.4, -0.2) is 28.2 Å². The molecule has 0 bridgehead atoms. The Bertz CT molecular complexity index is 861. The highest BCUT2D eigenvalue weighted by molar-refractivity contribution is 5.70. The zero-order valence-electron chi connectivity index (χ0n) is 16.7. The maximum Gasteiger partial charge on any atom is 0.411 e. The molecule has 0 saturated carbocycles. The highest BCUT2D eigenvalue weighted by Gasteiger charge is 2.46. The summed E-state index contributed by atoms with van der Waals surface area (Å²) in [7, 11) is 0. The maximum absolute atomic E-state index is 13.0. The Morgan fingerprint density at radius 3 is 2.39 bits per heavy atom. The number of ether oxygens (including phenoxy) is 1. The second-order valence-corrected chi connectivity index (χ2v) is 8.10. The zero-order valence-corrected chi connectivity index (χ0v) is 16.7. The molecule has 1 heterocycles. The highest BCUT2D eigenvalue weighted by atomic mass is 16.6. The van der Waals surface area contributed by atoms with Gasteiger partial charge in [0.1, 0.15) is 5.60 Å². The zero-order chi connectivity index (χ0) is 20.4. The van der Waals surface area contributed by atoms with E-state index in [0.717, 1.165) is 16.7 Å². The molecule has 2 atom stereocenters. The lowest BCUT2D eigenvalue weighted by Crippen LogP contribution is -2.51. The van der Waals surface area contributed by atoms with Gasteiger partial charge >= 0.3 is 6.09 Å². The number of terminal acetylenes is 1. The number of hydrogen-bond donors (Lipinski definition) is 1. The van der Waals surface area contributed by atoms with E-state index in [1.807, 2.05) is 61.5 Å². The molecular formula is C24H27NO3. The van der Waals surface area contributed by atoms with Crippen LogP contribution in [0.3, 0.4) is 0 Å². The standard InChI is InChI=1S/C24H27NO3/c1-5-19-11-13-20(14-12-19)18(2)25-16-15-24(28-22(25)26,17-23(3,4)27)21-9-7-6-8-10-21/h1,6-14,18,27H,15-17H2,2-4H3/t18-,24?/m0/s1. The molecule has 28 heavy (non-hydrogen) atoms. The molecule has 146 valence electrons. The van der Waals surface area contributed by atoms with Gasteiger partial charge in [0.05, 0.1) is 11.6 Å². The minimum absolute atomic E-state index is 0.129. The number of rotatable bonds is 5. The molecule has 1 saturated heterocycles. The molecular weight excluding hydrogens is 350 g/mol. The lowest BCUT2D eigenvalue weighted by Gasteiger charge is -2.45. The number of carbonyl (C=O) groups is 1. The van der Waals surface area contributed by atoms with E-state index in [4.69, 9.17) is 11.2 Å². The van der Waals surface area contributed by atoms with Gasteiger partial charge in [0.2, 0.25) is 0 Å². The van der Waals surface area contributed by atoms with E-state index in [1.165, 1.54) is 0 Å². The van der Waals surface area contributed by atoms with Gasteiger partial charge in [-0.25, -0.2) is 4.79 Å². The Balaban J connectivity index is 1.85. The first-order valence-corrected chi connectivity index (χ1v) is 9.58. The van der Waals surface area contributed by atoms with Crippen LogP contribution in [0.1, 0.15) is 56.3 Å². The van der Waals surface area contributed by atoms with E-state index >= 15 is 0 Å². The van der Waals surface area contributed by atoms with Gasteiger partial charge in [0, 0.05) is 24.9 Å². The van der Waals surface area contributed by atoms with Crippen molar-refractivity contribution in [1.29, 1.82) is 0 Å². The fourth-order valence-electron chi connectivity index (χ4n) is 3.93. The van der Waals surface area contributed by atoms with Gasteiger partial charge in [-0.3, -0.25) is 0 Å². The average molecular weight is 377 g/mol. The molecule has 4 nitrogen and oxygen atoms in total. The fourth-order valence-corrected chi connectivity index (χ4v) is 3.93. The van der Waals surface area contributed by atoms with Gasteiger partial charge in [-0.1, -0.05) is 48.4 Å². The number of nitrogens with zero attached hydrogens (tertiary/aromatic N) is 1. The van der Waals surface area contributed by atoms with Gasteiger partial charge < -0.3 is 14.7 Å². The quantitative estimate of drug-likeness (QED) is 0.773. The van der Waals surface area contributed by atoms with Crippen LogP contribution in [-0.2, 0) is 10.3 Å². The predicted molar refractivity (Wildman–Crippen MR) is 110 cm³/mol. The monoisotopic (exact) mass is 377 g/mol. The van der Waals surface area contributed by atoms with Crippen LogP contribution in [0.5, 0.6) is 0 Å². The minimum atomic E-state index is -0.963. The maximum atomic E-state index is 13.0. The predicted octanol–water partition coefficient (Wildman–Crippen LogP) is 4.63. The lowest BCUT2D eigenvalue weighted by atomic mass is 9.80. The number of hydrogen-bond acceptors (Lipinski definition) is 3. The largest absolute Gasteiger partial charge is 0.438 e. The van der Waals surface area contributed by atoms with E-state index < -0.39 is 11.2 Å². The molecule has 2 aromatic carbocycles. The molecule has 1 N–H and O–H groups in total. The van der Waals surface area contributed by atoms with Crippen molar-refractivity contribution in [3.8, 4) is 12.3 Å². The van der Waals surface area contributed by atoms with Crippen molar-refractivity contribution in [3.05, 3.63) is 71.3 Å². The van der Waals surface area contributed by atoms with Crippen LogP contribution in [0, 0.1) is 12.3 Å². The number of carbonyl (C=O) groups excluding carboxylic acids is 1. The van der Waals surface area contributed by atoms with Crippen molar-refractivity contribution < 1.29 is 14.6 Å². The first-order valence-electron chi connectivity index (χ1n) is 9.58. The van der Waals surface area contributed by atoms with E-state index in [0.29, 0.717) is 19.4 Å². The molecule has 1 aliphatic rings. The molecule has 3 rings (SSSR count). The smallest absolute Gasteiger partial charge is 0.411 e. The van der Waals surface area contributed by atoms with Gasteiger partial charge in [-0.15, -0.1) is 6.42 Å². The Morgan fingerprint density at radius 1 is 1.21 bits per heavy atom. The van der Waals surface area contributed by atoms with Crippen LogP contribution < -0.4 is 0 Å². The topological polar surface area (TPSA) is 49.8 Å². The van der Waals surface area contributed by atoms with Crippen molar-refractivity contribution in [3.63, 3.8) is 0 Å². The summed E-state index contributed by atoms with van der Waals surface area (Å²) < 4.78 is 6.03. The van der Waals surface area contributed by atoms with E-state index in [9.17, 15) is 9.90 Å². The summed E-state index contributed by atoms with van der Waals surface area (Å²) in [5.41, 5.74) is 0.932. The van der Waals surface area contributed by atoms with Gasteiger partial charge in [-0.05, 0) is 44.0 Å². The summed E-state index contributed by atoms with van der Waals surface area (Å²) in [5.74, 6) is 2.60. The van der Waals surface area contributed by atoms with Crippen LogP contribution in [0.2, 0.25) is 0 Å². The summed E-state index contributed by atoms with van der Waals surface area (Å²) >= 11 is 0. The van der Waals surface area contributed by atoms with E-state index in [2.05, 4.69) is 5.92 Å². The van der Waals surface area contributed by atoms with Crippen LogP contribution >= 0.6 is 0 Å². The number of cyclic esters (lactones) is 1. The minimum Gasteiger partial charge on any atom is -0.438 e. The molecule has 0 aromatic heterocycles. The summed E-state index contributed by atoms with van der Waals surface area (Å²) in [6.45, 7) is 6.01. The van der Waals surface area contributed by atoms with Gasteiger partial charge in [0.15, 0.2) is 0 Å². The molecule has 1 unspecified atom stereocenters. The first-order chi connectivity index (χ1) is 13.2. The normalized spacial score (nSPS) is 21.0. The van der Waals surface area contributed by atoms with Crippen molar-refractivity contribution in [2.45, 2.75) is 50.9 Å². The van der Waals surface area contributed by atoms with Crippen molar-refractivity contribution in [2.24, 2.45) is 0 Å². The van der Waals surface area contributed by atoms with Crippen molar-refractivity contribution >= 4 is 6.09 Å². The summed E-state index contributed by atoms with van der Waals surface area (Å²) in [6.07, 6.45) is 6.01. The molecule has 0 aliphatic carbocycles. The van der Waals surface area contributed by atoms with Crippen LogP contribution in [0.25, 0.3) is 0 Å². The molecule has 4 heteroatoms.